The lowest BCUT2D eigenvalue weighted by molar-refractivity contribution is 0.0949. The average molecular weight is 438 g/mol. The number of rotatable bonds is 2. The number of carbonyl (C=O) groups excluding carboxylic acids is 1. The molecule has 4 rings (SSSR count). The standard InChI is InChI=1S/C26H25Cl2NO/c1-17-9-11-18(12-10-17)26(4)16-25(2,3)29(23-8-6-5-7-21(23)26)24(30)20-14-13-19(27)15-22(20)28/h5-15H,16H2,1-4H3. The van der Waals surface area contributed by atoms with E-state index in [0.717, 1.165) is 17.7 Å². The van der Waals surface area contributed by atoms with Crippen molar-refractivity contribution in [2.24, 2.45) is 0 Å². The zero-order valence-electron chi connectivity index (χ0n) is 17.7. The van der Waals surface area contributed by atoms with Crippen molar-refractivity contribution >= 4 is 34.8 Å². The van der Waals surface area contributed by atoms with Gasteiger partial charge in [0.15, 0.2) is 0 Å². The van der Waals surface area contributed by atoms with Crippen LogP contribution in [0.2, 0.25) is 10.0 Å². The molecule has 0 saturated heterocycles. The lowest BCUT2D eigenvalue weighted by atomic mass is 9.65. The van der Waals surface area contributed by atoms with Gasteiger partial charge in [0.25, 0.3) is 5.91 Å². The number of hydrogen-bond acceptors (Lipinski definition) is 1. The molecule has 0 radical (unpaired) electrons. The van der Waals surface area contributed by atoms with Crippen LogP contribution in [0, 0.1) is 6.92 Å². The summed E-state index contributed by atoms with van der Waals surface area (Å²) in [5.74, 6) is -0.111. The van der Waals surface area contributed by atoms with E-state index in [9.17, 15) is 4.79 Å². The number of anilines is 1. The van der Waals surface area contributed by atoms with Gasteiger partial charge >= 0.3 is 0 Å². The fourth-order valence-electron chi connectivity index (χ4n) is 4.85. The lowest BCUT2D eigenvalue weighted by Gasteiger charge is -2.51. The van der Waals surface area contributed by atoms with Gasteiger partial charge in [-0.25, -0.2) is 0 Å². The largest absolute Gasteiger partial charge is 0.302 e. The summed E-state index contributed by atoms with van der Waals surface area (Å²) in [7, 11) is 0. The van der Waals surface area contributed by atoms with Crippen molar-refractivity contribution in [2.75, 3.05) is 4.90 Å². The van der Waals surface area contributed by atoms with Crippen LogP contribution >= 0.6 is 23.2 Å². The number of carbonyl (C=O) groups is 1. The number of fused-ring (bicyclic) bond motifs is 1. The number of halogens is 2. The summed E-state index contributed by atoms with van der Waals surface area (Å²) < 4.78 is 0. The van der Waals surface area contributed by atoms with Crippen LogP contribution in [0.3, 0.4) is 0 Å². The summed E-state index contributed by atoms with van der Waals surface area (Å²) >= 11 is 12.5. The van der Waals surface area contributed by atoms with Gasteiger partial charge in [0.05, 0.1) is 10.6 Å². The maximum atomic E-state index is 13.7. The van der Waals surface area contributed by atoms with Crippen LogP contribution in [0.15, 0.2) is 66.7 Å². The Hall–Kier alpha value is -2.29. The van der Waals surface area contributed by atoms with Gasteiger partial charge in [-0.3, -0.25) is 4.79 Å². The highest BCUT2D eigenvalue weighted by Gasteiger charge is 2.48. The maximum Gasteiger partial charge on any atom is 0.260 e. The average Bonchev–Trinajstić information content (AvgIpc) is 2.67. The Balaban J connectivity index is 1.89. The first-order chi connectivity index (χ1) is 14.1. The smallest absolute Gasteiger partial charge is 0.260 e. The molecule has 1 aliphatic heterocycles. The number of nitrogens with zero attached hydrogens (tertiary/aromatic N) is 1. The minimum absolute atomic E-state index is 0.111. The van der Waals surface area contributed by atoms with E-state index in [4.69, 9.17) is 23.2 Å². The second kappa shape index (κ2) is 7.44. The minimum Gasteiger partial charge on any atom is -0.302 e. The van der Waals surface area contributed by atoms with Crippen molar-refractivity contribution in [1.29, 1.82) is 0 Å². The van der Waals surface area contributed by atoms with Gasteiger partial charge in [0, 0.05) is 21.7 Å². The van der Waals surface area contributed by atoms with E-state index in [-0.39, 0.29) is 11.3 Å². The molecule has 0 aromatic heterocycles. The Morgan fingerprint density at radius 1 is 0.933 bits per heavy atom. The van der Waals surface area contributed by atoms with Crippen molar-refractivity contribution in [2.45, 2.75) is 45.1 Å². The van der Waals surface area contributed by atoms with Crippen molar-refractivity contribution in [3.63, 3.8) is 0 Å². The predicted octanol–water partition coefficient (Wildman–Crippen LogP) is 7.44. The van der Waals surface area contributed by atoms with Crippen molar-refractivity contribution in [3.8, 4) is 0 Å². The number of benzene rings is 3. The van der Waals surface area contributed by atoms with E-state index in [2.05, 4.69) is 58.0 Å². The van der Waals surface area contributed by atoms with E-state index in [1.807, 2.05) is 23.1 Å². The molecule has 1 unspecified atom stereocenters. The molecule has 4 heteroatoms. The molecule has 2 nitrogen and oxygen atoms in total. The second-order valence-electron chi connectivity index (χ2n) is 8.97. The van der Waals surface area contributed by atoms with Crippen LogP contribution < -0.4 is 4.90 Å². The molecule has 1 heterocycles. The summed E-state index contributed by atoms with van der Waals surface area (Å²) in [6.45, 7) is 8.62. The summed E-state index contributed by atoms with van der Waals surface area (Å²) in [5.41, 5.74) is 4.38. The molecular weight excluding hydrogens is 413 g/mol. The zero-order chi connectivity index (χ0) is 21.7. The molecule has 0 saturated carbocycles. The molecule has 0 spiro atoms. The Bertz CT molecular complexity index is 1120. The normalized spacial score (nSPS) is 20.0. The summed E-state index contributed by atoms with van der Waals surface area (Å²) in [6, 6.07) is 21.9. The third-order valence-corrected chi connectivity index (χ3v) is 6.73. The molecule has 0 N–H and O–H groups in total. The predicted molar refractivity (Wildman–Crippen MR) is 126 cm³/mol. The van der Waals surface area contributed by atoms with Crippen LogP contribution in [-0.4, -0.2) is 11.4 Å². The first kappa shape index (κ1) is 21.0. The van der Waals surface area contributed by atoms with Gasteiger partial charge in [0.2, 0.25) is 0 Å². The first-order valence-electron chi connectivity index (χ1n) is 10.1. The number of amides is 1. The van der Waals surface area contributed by atoms with Gasteiger partial charge in [-0.15, -0.1) is 0 Å². The van der Waals surface area contributed by atoms with Crippen molar-refractivity contribution in [1.82, 2.24) is 0 Å². The number of aryl methyl sites for hydroxylation is 1. The third kappa shape index (κ3) is 3.42. The molecule has 3 aromatic carbocycles. The van der Waals surface area contributed by atoms with Crippen LogP contribution in [0.5, 0.6) is 0 Å². The van der Waals surface area contributed by atoms with Crippen molar-refractivity contribution < 1.29 is 4.79 Å². The van der Waals surface area contributed by atoms with Gasteiger partial charge in [-0.1, -0.05) is 78.2 Å². The first-order valence-corrected chi connectivity index (χ1v) is 10.9. The molecule has 1 aliphatic rings. The van der Waals surface area contributed by atoms with E-state index < -0.39 is 5.54 Å². The summed E-state index contributed by atoms with van der Waals surface area (Å²) in [6.07, 6.45) is 0.789. The maximum absolute atomic E-state index is 13.7. The van der Waals surface area contributed by atoms with Gasteiger partial charge in [-0.05, 0) is 62.6 Å². The molecule has 154 valence electrons. The van der Waals surface area contributed by atoms with Gasteiger partial charge in [-0.2, -0.15) is 0 Å². The van der Waals surface area contributed by atoms with Crippen molar-refractivity contribution in [3.05, 3.63) is 99.0 Å². The molecule has 0 bridgehead atoms. The molecule has 0 fully saturated rings. The lowest BCUT2D eigenvalue weighted by Crippen LogP contribution is -2.55. The fraction of sp³-hybridized carbons (Fsp3) is 0.269. The van der Waals surface area contributed by atoms with E-state index in [1.54, 1.807) is 18.2 Å². The van der Waals surface area contributed by atoms with E-state index in [0.29, 0.717) is 15.6 Å². The molecule has 30 heavy (non-hydrogen) atoms. The molecule has 1 atom stereocenters. The Kier molecular flexibility index (Phi) is 5.20. The van der Waals surface area contributed by atoms with Gasteiger partial charge < -0.3 is 4.90 Å². The second-order valence-corrected chi connectivity index (χ2v) is 9.81. The molecular formula is C26H25Cl2NO. The quantitative estimate of drug-likeness (QED) is 0.407. The van der Waals surface area contributed by atoms with Crippen LogP contribution in [0.25, 0.3) is 0 Å². The van der Waals surface area contributed by atoms with E-state index in [1.165, 1.54) is 11.1 Å². The topological polar surface area (TPSA) is 20.3 Å². The highest BCUT2D eigenvalue weighted by atomic mass is 35.5. The monoisotopic (exact) mass is 437 g/mol. The Labute approximate surface area is 188 Å². The Morgan fingerprint density at radius 3 is 2.27 bits per heavy atom. The summed E-state index contributed by atoms with van der Waals surface area (Å²) in [4.78, 5) is 15.6. The van der Waals surface area contributed by atoms with Crippen LogP contribution in [0.1, 0.15) is 54.2 Å². The SMILES string of the molecule is Cc1ccc(C2(C)CC(C)(C)N(C(=O)c3ccc(Cl)cc3Cl)c3ccccc32)cc1. The number of hydrogen-bond donors (Lipinski definition) is 0. The Morgan fingerprint density at radius 2 is 1.60 bits per heavy atom. The molecule has 0 aliphatic carbocycles. The highest BCUT2D eigenvalue weighted by Crippen LogP contribution is 2.50. The summed E-state index contributed by atoms with van der Waals surface area (Å²) in [5, 5.41) is 0.884. The van der Waals surface area contributed by atoms with Crippen LogP contribution in [-0.2, 0) is 5.41 Å². The number of para-hydroxylation sites is 1. The zero-order valence-corrected chi connectivity index (χ0v) is 19.2. The fourth-order valence-corrected chi connectivity index (χ4v) is 5.34. The minimum atomic E-state index is -0.423. The van der Waals surface area contributed by atoms with Gasteiger partial charge in [0.1, 0.15) is 0 Å². The molecule has 1 amide bonds. The third-order valence-electron chi connectivity index (χ3n) is 6.18. The van der Waals surface area contributed by atoms with E-state index >= 15 is 0 Å². The highest BCUT2D eigenvalue weighted by molar-refractivity contribution is 6.37. The molecule has 3 aromatic rings. The van der Waals surface area contributed by atoms with Crippen LogP contribution in [0.4, 0.5) is 5.69 Å².